The zero-order valence-corrected chi connectivity index (χ0v) is 17.4. The number of ether oxygens (including phenoxy) is 1. The molecule has 1 aliphatic heterocycles. The first-order chi connectivity index (χ1) is 13.7. The topological polar surface area (TPSA) is 111 Å². The van der Waals surface area contributed by atoms with E-state index in [1.807, 2.05) is 6.92 Å². The first kappa shape index (κ1) is 21.0. The van der Waals surface area contributed by atoms with Gasteiger partial charge in [0.05, 0.1) is 35.3 Å². The molecule has 2 heterocycles. The lowest BCUT2D eigenvalue weighted by Gasteiger charge is -2.19. The van der Waals surface area contributed by atoms with E-state index in [9.17, 15) is 19.2 Å². The summed E-state index contributed by atoms with van der Waals surface area (Å²) < 4.78 is 6.85. The molecule has 1 N–H and O–H groups in total. The van der Waals surface area contributed by atoms with Gasteiger partial charge in [0.15, 0.2) is 6.10 Å². The Kier molecular flexibility index (Phi) is 6.04. The van der Waals surface area contributed by atoms with Crippen LogP contribution in [0, 0.1) is 25.7 Å². The quantitative estimate of drug-likeness (QED) is 0.568. The molecular weight excluding hydrogens is 376 g/mol. The van der Waals surface area contributed by atoms with Crippen molar-refractivity contribution in [1.29, 1.82) is 0 Å². The van der Waals surface area contributed by atoms with Crippen molar-refractivity contribution in [2.75, 3.05) is 11.9 Å². The van der Waals surface area contributed by atoms with Crippen molar-refractivity contribution in [3.63, 3.8) is 0 Å². The number of likely N-dealkylation sites (tertiary alicyclic amines) is 1. The summed E-state index contributed by atoms with van der Waals surface area (Å²) in [5, 5.41) is 6.96. The molecule has 9 heteroatoms. The Balaban J connectivity index is 1.50. The molecule has 1 saturated carbocycles. The number of nitrogens with zero attached hydrogens (tertiary/aromatic N) is 3. The fourth-order valence-electron chi connectivity index (χ4n) is 4.14. The van der Waals surface area contributed by atoms with Crippen LogP contribution in [-0.2, 0) is 31.0 Å². The number of imide groups is 1. The van der Waals surface area contributed by atoms with Crippen LogP contribution in [0.4, 0.5) is 5.69 Å². The number of aromatic nitrogens is 2. The minimum absolute atomic E-state index is 0.00133. The Morgan fingerprint density at radius 1 is 1.17 bits per heavy atom. The molecule has 3 atom stereocenters. The van der Waals surface area contributed by atoms with Crippen molar-refractivity contribution in [1.82, 2.24) is 14.7 Å². The van der Waals surface area contributed by atoms with Gasteiger partial charge in [0, 0.05) is 13.6 Å². The van der Waals surface area contributed by atoms with E-state index in [0.29, 0.717) is 11.4 Å². The van der Waals surface area contributed by atoms with Gasteiger partial charge in [-0.15, -0.1) is 0 Å². The first-order valence-electron chi connectivity index (χ1n) is 10.1. The van der Waals surface area contributed by atoms with Gasteiger partial charge in [-0.05, 0) is 33.6 Å². The van der Waals surface area contributed by atoms with Gasteiger partial charge in [-0.3, -0.25) is 28.8 Å². The van der Waals surface area contributed by atoms with Crippen LogP contribution >= 0.6 is 0 Å². The van der Waals surface area contributed by atoms with Gasteiger partial charge in [-0.1, -0.05) is 12.8 Å². The zero-order valence-electron chi connectivity index (χ0n) is 17.4. The highest BCUT2D eigenvalue weighted by Gasteiger charge is 2.47. The van der Waals surface area contributed by atoms with Crippen LogP contribution in [0.3, 0.4) is 0 Å². The van der Waals surface area contributed by atoms with Gasteiger partial charge in [-0.2, -0.15) is 5.10 Å². The molecule has 1 aromatic rings. The Bertz CT molecular complexity index is 822. The lowest BCUT2D eigenvalue weighted by Crippen LogP contribution is -2.35. The van der Waals surface area contributed by atoms with Crippen LogP contribution in [0.25, 0.3) is 0 Å². The molecule has 2 fully saturated rings. The molecule has 1 aromatic heterocycles. The second kappa shape index (κ2) is 8.34. The SMILES string of the molecule is Cc1nn(C)c(C)c1NC(=O)[C@@H](C)OC(=O)CCN1C(=O)[C@H]2CCCC[C@@H]2C1=O. The summed E-state index contributed by atoms with van der Waals surface area (Å²) in [5.74, 6) is -1.91. The maximum Gasteiger partial charge on any atom is 0.308 e. The number of hydrogen-bond donors (Lipinski definition) is 1. The molecule has 158 valence electrons. The maximum absolute atomic E-state index is 12.4. The molecule has 2 aliphatic rings. The van der Waals surface area contributed by atoms with Crippen molar-refractivity contribution in [3.8, 4) is 0 Å². The summed E-state index contributed by atoms with van der Waals surface area (Å²) in [7, 11) is 1.78. The predicted octanol–water partition coefficient (Wildman–Crippen LogP) is 1.47. The van der Waals surface area contributed by atoms with E-state index in [2.05, 4.69) is 10.4 Å². The number of esters is 1. The van der Waals surface area contributed by atoms with Crippen LogP contribution in [-0.4, -0.2) is 51.0 Å². The number of carbonyl (C=O) groups excluding carboxylic acids is 4. The lowest BCUT2D eigenvalue weighted by atomic mass is 9.81. The Labute approximate surface area is 169 Å². The number of rotatable bonds is 6. The molecule has 0 unspecified atom stereocenters. The highest BCUT2D eigenvalue weighted by atomic mass is 16.5. The molecular formula is C20H28N4O5. The molecule has 29 heavy (non-hydrogen) atoms. The van der Waals surface area contributed by atoms with Gasteiger partial charge in [0.1, 0.15) is 0 Å². The normalized spacial score (nSPS) is 22.4. The Morgan fingerprint density at radius 3 is 2.28 bits per heavy atom. The lowest BCUT2D eigenvalue weighted by molar-refractivity contribution is -0.154. The van der Waals surface area contributed by atoms with Gasteiger partial charge in [-0.25, -0.2) is 0 Å². The first-order valence-corrected chi connectivity index (χ1v) is 10.1. The van der Waals surface area contributed by atoms with Crippen LogP contribution in [0.15, 0.2) is 0 Å². The number of hydrogen-bond acceptors (Lipinski definition) is 6. The van der Waals surface area contributed by atoms with E-state index >= 15 is 0 Å². The van der Waals surface area contributed by atoms with Crippen molar-refractivity contribution < 1.29 is 23.9 Å². The minimum Gasteiger partial charge on any atom is -0.452 e. The number of amides is 3. The highest BCUT2D eigenvalue weighted by Crippen LogP contribution is 2.38. The highest BCUT2D eigenvalue weighted by molar-refractivity contribution is 6.05. The molecule has 9 nitrogen and oxygen atoms in total. The monoisotopic (exact) mass is 404 g/mol. The van der Waals surface area contributed by atoms with Crippen LogP contribution in [0.2, 0.25) is 0 Å². The van der Waals surface area contributed by atoms with Gasteiger partial charge >= 0.3 is 5.97 Å². The fourth-order valence-corrected chi connectivity index (χ4v) is 4.14. The minimum atomic E-state index is -1.01. The van der Waals surface area contributed by atoms with Crippen LogP contribution in [0.1, 0.15) is 50.4 Å². The summed E-state index contributed by atoms with van der Waals surface area (Å²) >= 11 is 0. The predicted molar refractivity (Wildman–Crippen MR) is 104 cm³/mol. The van der Waals surface area contributed by atoms with Crippen molar-refractivity contribution in [2.24, 2.45) is 18.9 Å². The smallest absolute Gasteiger partial charge is 0.308 e. The molecule has 0 radical (unpaired) electrons. The number of aryl methyl sites for hydroxylation is 2. The molecule has 0 spiro atoms. The number of anilines is 1. The fraction of sp³-hybridized carbons (Fsp3) is 0.650. The molecule has 0 bridgehead atoms. The number of nitrogens with one attached hydrogen (secondary N) is 1. The van der Waals surface area contributed by atoms with E-state index in [1.165, 1.54) is 11.8 Å². The number of fused-ring (bicyclic) bond motifs is 1. The largest absolute Gasteiger partial charge is 0.452 e. The molecule has 1 aliphatic carbocycles. The van der Waals surface area contributed by atoms with E-state index in [1.54, 1.807) is 18.7 Å². The second-order valence-electron chi connectivity index (χ2n) is 7.87. The Hall–Kier alpha value is -2.71. The summed E-state index contributed by atoms with van der Waals surface area (Å²) in [6.07, 6.45) is 2.26. The third-order valence-electron chi connectivity index (χ3n) is 5.91. The van der Waals surface area contributed by atoms with Crippen molar-refractivity contribution in [2.45, 2.75) is 59.0 Å². The van der Waals surface area contributed by atoms with E-state index in [4.69, 9.17) is 4.74 Å². The standard InChI is InChI=1S/C20H28N4O5/c1-11-17(12(2)23(4)22-11)21-18(26)13(3)29-16(25)9-10-24-19(27)14-7-5-6-8-15(14)20(24)28/h13-15H,5-10H2,1-4H3,(H,21,26)/t13-,14+,15+/m1/s1. The molecule has 0 aromatic carbocycles. The van der Waals surface area contributed by atoms with Crippen LogP contribution < -0.4 is 5.32 Å². The van der Waals surface area contributed by atoms with E-state index < -0.39 is 18.0 Å². The van der Waals surface area contributed by atoms with Crippen molar-refractivity contribution in [3.05, 3.63) is 11.4 Å². The van der Waals surface area contributed by atoms with Gasteiger partial charge < -0.3 is 10.1 Å². The molecule has 3 rings (SSSR count). The molecule has 3 amide bonds. The number of carbonyl (C=O) groups is 4. The third kappa shape index (κ3) is 4.18. The van der Waals surface area contributed by atoms with Crippen LogP contribution in [0.5, 0.6) is 0 Å². The average molecular weight is 404 g/mol. The van der Waals surface area contributed by atoms with Gasteiger partial charge in [0.25, 0.3) is 5.91 Å². The Morgan fingerprint density at radius 2 is 1.76 bits per heavy atom. The van der Waals surface area contributed by atoms with E-state index in [-0.39, 0.29) is 36.6 Å². The second-order valence-corrected chi connectivity index (χ2v) is 7.87. The summed E-state index contributed by atoms with van der Waals surface area (Å²) in [6, 6.07) is 0. The average Bonchev–Trinajstić information content (AvgIpc) is 3.07. The maximum atomic E-state index is 12.4. The zero-order chi connectivity index (χ0) is 21.3. The van der Waals surface area contributed by atoms with Crippen molar-refractivity contribution >= 4 is 29.4 Å². The third-order valence-corrected chi connectivity index (χ3v) is 5.91. The summed E-state index contributed by atoms with van der Waals surface area (Å²) in [4.78, 5) is 50.6. The van der Waals surface area contributed by atoms with E-state index in [0.717, 1.165) is 31.4 Å². The summed E-state index contributed by atoms with van der Waals surface area (Å²) in [6.45, 7) is 5.09. The molecule has 1 saturated heterocycles. The van der Waals surface area contributed by atoms with Gasteiger partial charge in [0.2, 0.25) is 11.8 Å². The summed E-state index contributed by atoms with van der Waals surface area (Å²) in [5.41, 5.74) is 2.06.